The Morgan fingerprint density at radius 3 is 2.82 bits per heavy atom. The van der Waals surface area contributed by atoms with E-state index in [4.69, 9.17) is 11.6 Å². The van der Waals surface area contributed by atoms with Gasteiger partial charge in [-0.25, -0.2) is 0 Å². The van der Waals surface area contributed by atoms with Gasteiger partial charge in [0.1, 0.15) is 5.69 Å². The number of aryl methyl sites for hydroxylation is 1. The second kappa shape index (κ2) is 6.20. The Morgan fingerprint density at radius 2 is 2.24 bits per heavy atom. The maximum atomic E-state index is 11.4. The molecular formula is C11H13ClN2O3. The molecule has 1 N–H and O–H groups in total. The summed E-state index contributed by atoms with van der Waals surface area (Å²) in [6, 6.07) is 4.67. The van der Waals surface area contributed by atoms with E-state index in [1.165, 1.54) is 12.1 Å². The van der Waals surface area contributed by atoms with Gasteiger partial charge < -0.3 is 5.32 Å². The minimum Gasteiger partial charge on any atom is -0.320 e. The third-order valence-corrected chi connectivity index (χ3v) is 2.43. The smallest absolute Gasteiger partial charge is 0.293 e. The van der Waals surface area contributed by atoms with Crippen molar-refractivity contribution in [2.45, 2.75) is 19.8 Å². The first-order valence-electron chi connectivity index (χ1n) is 5.15. The van der Waals surface area contributed by atoms with Gasteiger partial charge in [0, 0.05) is 18.4 Å². The van der Waals surface area contributed by atoms with E-state index in [1.54, 1.807) is 13.0 Å². The minimum atomic E-state index is -0.510. The van der Waals surface area contributed by atoms with Crippen molar-refractivity contribution in [2.75, 3.05) is 11.2 Å². The summed E-state index contributed by atoms with van der Waals surface area (Å²) in [5.41, 5.74) is 0.903. The van der Waals surface area contributed by atoms with Crippen molar-refractivity contribution in [1.29, 1.82) is 0 Å². The van der Waals surface area contributed by atoms with Crippen LogP contribution >= 0.6 is 11.6 Å². The predicted octanol–water partition coefficient (Wildman–Crippen LogP) is 2.86. The summed E-state index contributed by atoms with van der Waals surface area (Å²) in [6.07, 6.45) is 0.807. The van der Waals surface area contributed by atoms with Crippen LogP contribution in [0.15, 0.2) is 18.2 Å². The number of hydrogen-bond donors (Lipinski definition) is 1. The number of halogens is 1. The number of amides is 1. The fourth-order valence-electron chi connectivity index (χ4n) is 1.34. The Morgan fingerprint density at radius 1 is 1.53 bits per heavy atom. The van der Waals surface area contributed by atoms with Crippen molar-refractivity contribution >= 4 is 28.9 Å². The summed E-state index contributed by atoms with van der Waals surface area (Å²) >= 11 is 5.46. The molecule has 0 unspecified atom stereocenters. The first-order valence-corrected chi connectivity index (χ1v) is 5.69. The molecule has 0 aromatic heterocycles. The van der Waals surface area contributed by atoms with Gasteiger partial charge in [-0.05, 0) is 25.0 Å². The molecule has 0 fully saturated rings. The van der Waals surface area contributed by atoms with Crippen LogP contribution in [0, 0.1) is 17.0 Å². The van der Waals surface area contributed by atoms with Crippen LogP contribution in [0.5, 0.6) is 0 Å². The van der Waals surface area contributed by atoms with Crippen molar-refractivity contribution < 1.29 is 9.72 Å². The molecule has 17 heavy (non-hydrogen) atoms. The summed E-state index contributed by atoms with van der Waals surface area (Å²) in [4.78, 5) is 21.7. The van der Waals surface area contributed by atoms with Gasteiger partial charge in [-0.3, -0.25) is 14.9 Å². The van der Waals surface area contributed by atoms with E-state index >= 15 is 0 Å². The first-order chi connectivity index (χ1) is 8.04. The molecule has 0 bridgehead atoms. The Kier molecular flexibility index (Phi) is 4.90. The molecule has 0 heterocycles. The normalized spacial score (nSPS) is 10.0. The van der Waals surface area contributed by atoms with Crippen molar-refractivity contribution in [3.63, 3.8) is 0 Å². The minimum absolute atomic E-state index is 0.0933. The molecule has 0 atom stereocenters. The first kappa shape index (κ1) is 13.4. The van der Waals surface area contributed by atoms with Gasteiger partial charge in [-0.15, -0.1) is 11.6 Å². The molecule has 1 aromatic rings. The highest BCUT2D eigenvalue weighted by atomic mass is 35.5. The topological polar surface area (TPSA) is 72.2 Å². The van der Waals surface area contributed by atoms with Crippen molar-refractivity contribution in [2.24, 2.45) is 0 Å². The van der Waals surface area contributed by atoms with Crippen LogP contribution in [0.1, 0.15) is 18.4 Å². The molecule has 0 aliphatic carbocycles. The van der Waals surface area contributed by atoms with E-state index in [-0.39, 0.29) is 23.7 Å². The zero-order chi connectivity index (χ0) is 12.8. The fraction of sp³-hybridized carbons (Fsp3) is 0.364. The van der Waals surface area contributed by atoms with E-state index in [2.05, 4.69) is 5.32 Å². The Labute approximate surface area is 104 Å². The summed E-state index contributed by atoms with van der Waals surface area (Å²) in [7, 11) is 0. The van der Waals surface area contributed by atoms with Crippen LogP contribution in [0.25, 0.3) is 0 Å². The van der Waals surface area contributed by atoms with Gasteiger partial charge in [0.2, 0.25) is 5.91 Å². The number of nitrogens with zero attached hydrogens (tertiary/aromatic N) is 1. The van der Waals surface area contributed by atoms with Crippen LogP contribution in [-0.4, -0.2) is 16.7 Å². The van der Waals surface area contributed by atoms with Crippen molar-refractivity contribution in [3.8, 4) is 0 Å². The molecule has 0 aliphatic rings. The van der Waals surface area contributed by atoms with Crippen LogP contribution in [0.2, 0.25) is 0 Å². The second-order valence-electron chi connectivity index (χ2n) is 3.62. The largest absolute Gasteiger partial charge is 0.320 e. The molecule has 0 aliphatic heterocycles. The standard InChI is InChI=1S/C11H13ClN2O3/c1-8-4-5-9(10(7-8)14(16)17)13-11(15)3-2-6-12/h4-5,7H,2-3,6H2,1H3,(H,13,15). The van der Waals surface area contributed by atoms with Crippen LogP contribution in [0.3, 0.4) is 0 Å². The number of nitrogens with one attached hydrogen (secondary N) is 1. The average molecular weight is 257 g/mol. The lowest BCUT2D eigenvalue weighted by atomic mass is 10.2. The average Bonchev–Trinajstić information content (AvgIpc) is 2.28. The molecule has 0 spiro atoms. The number of anilines is 1. The van der Waals surface area contributed by atoms with E-state index in [0.717, 1.165) is 5.56 Å². The highest BCUT2D eigenvalue weighted by Crippen LogP contribution is 2.25. The van der Waals surface area contributed by atoms with Crippen LogP contribution < -0.4 is 5.32 Å². The maximum Gasteiger partial charge on any atom is 0.293 e. The van der Waals surface area contributed by atoms with E-state index in [9.17, 15) is 14.9 Å². The van der Waals surface area contributed by atoms with Gasteiger partial charge in [-0.2, -0.15) is 0 Å². The fourth-order valence-corrected chi connectivity index (χ4v) is 1.47. The zero-order valence-corrected chi connectivity index (χ0v) is 10.2. The summed E-state index contributed by atoms with van der Waals surface area (Å²) < 4.78 is 0. The Bertz CT molecular complexity index is 435. The third kappa shape index (κ3) is 4.03. The molecule has 1 aromatic carbocycles. The SMILES string of the molecule is Cc1ccc(NC(=O)CCCCl)c([N+](=O)[O-])c1. The molecular weight excluding hydrogens is 244 g/mol. The Balaban J connectivity index is 2.83. The van der Waals surface area contributed by atoms with Gasteiger partial charge >= 0.3 is 0 Å². The van der Waals surface area contributed by atoms with Gasteiger partial charge in [0.15, 0.2) is 0 Å². The molecule has 6 heteroatoms. The Hall–Kier alpha value is -1.62. The number of rotatable bonds is 5. The van der Waals surface area contributed by atoms with Crippen molar-refractivity contribution in [3.05, 3.63) is 33.9 Å². The molecule has 0 radical (unpaired) electrons. The molecule has 0 saturated carbocycles. The zero-order valence-electron chi connectivity index (χ0n) is 9.40. The highest BCUT2D eigenvalue weighted by molar-refractivity contribution is 6.18. The lowest BCUT2D eigenvalue weighted by molar-refractivity contribution is -0.384. The number of alkyl halides is 1. The number of carbonyl (C=O) groups is 1. The van der Waals surface area contributed by atoms with Crippen LogP contribution in [-0.2, 0) is 4.79 Å². The number of nitro benzene ring substituents is 1. The van der Waals surface area contributed by atoms with E-state index in [1.807, 2.05) is 0 Å². The summed E-state index contributed by atoms with van der Waals surface area (Å²) in [6.45, 7) is 1.76. The number of nitro groups is 1. The van der Waals surface area contributed by atoms with E-state index in [0.29, 0.717) is 12.3 Å². The predicted molar refractivity (Wildman–Crippen MR) is 66.4 cm³/mol. The summed E-state index contributed by atoms with van der Waals surface area (Å²) in [5, 5.41) is 13.3. The van der Waals surface area contributed by atoms with Gasteiger partial charge in [-0.1, -0.05) is 6.07 Å². The number of hydrogen-bond acceptors (Lipinski definition) is 3. The van der Waals surface area contributed by atoms with E-state index < -0.39 is 4.92 Å². The lowest BCUT2D eigenvalue weighted by Crippen LogP contribution is -2.12. The summed E-state index contributed by atoms with van der Waals surface area (Å²) in [5.74, 6) is 0.126. The second-order valence-corrected chi connectivity index (χ2v) is 4.00. The molecule has 0 saturated heterocycles. The van der Waals surface area contributed by atoms with Gasteiger partial charge in [0.25, 0.3) is 5.69 Å². The quantitative estimate of drug-likeness (QED) is 0.500. The van der Waals surface area contributed by atoms with Crippen molar-refractivity contribution in [1.82, 2.24) is 0 Å². The molecule has 1 rings (SSSR count). The van der Waals surface area contributed by atoms with Gasteiger partial charge in [0.05, 0.1) is 4.92 Å². The number of carbonyl (C=O) groups excluding carboxylic acids is 1. The van der Waals surface area contributed by atoms with Crippen LogP contribution in [0.4, 0.5) is 11.4 Å². The third-order valence-electron chi connectivity index (χ3n) is 2.16. The monoisotopic (exact) mass is 256 g/mol. The number of benzene rings is 1. The molecule has 92 valence electrons. The molecule has 1 amide bonds. The molecule has 5 nitrogen and oxygen atoms in total. The highest BCUT2D eigenvalue weighted by Gasteiger charge is 2.15. The maximum absolute atomic E-state index is 11.4. The lowest BCUT2D eigenvalue weighted by Gasteiger charge is -2.06.